The Morgan fingerprint density at radius 3 is 2.61 bits per heavy atom. The van der Waals surface area contributed by atoms with Gasteiger partial charge < -0.3 is 10.6 Å². The second-order valence-corrected chi connectivity index (χ2v) is 6.21. The van der Waals surface area contributed by atoms with Crippen LogP contribution in [0.2, 0.25) is 0 Å². The van der Waals surface area contributed by atoms with Crippen molar-refractivity contribution in [2.24, 2.45) is 10.9 Å². The van der Waals surface area contributed by atoms with Gasteiger partial charge in [-0.3, -0.25) is 9.89 Å². The highest BCUT2D eigenvalue weighted by atomic mass is 19.4. The zero-order valence-corrected chi connectivity index (χ0v) is 14.4. The normalized spacial score (nSPS) is 20.0. The van der Waals surface area contributed by atoms with Gasteiger partial charge in [0.1, 0.15) is 0 Å². The lowest BCUT2D eigenvalue weighted by molar-refractivity contribution is -0.143. The Labute approximate surface area is 137 Å². The topological polar surface area (TPSA) is 39.7 Å². The lowest BCUT2D eigenvalue weighted by Crippen LogP contribution is -2.38. The number of rotatable bonds is 9. The van der Waals surface area contributed by atoms with E-state index in [2.05, 4.69) is 22.5 Å². The molecule has 1 aliphatic heterocycles. The van der Waals surface area contributed by atoms with Gasteiger partial charge in [-0.2, -0.15) is 13.2 Å². The number of likely N-dealkylation sites (tertiary alicyclic amines) is 1. The molecular formula is C16H31F3N4. The first kappa shape index (κ1) is 20.1. The predicted molar refractivity (Wildman–Crippen MR) is 88.7 cm³/mol. The Morgan fingerprint density at radius 1 is 1.17 bits per heavy atom. The molecule has 136 valence electrons. The van der Waals surface area contributed by atoms with Crippen molar-refractivity contribution < 1.29 is 13.2 Å². The van der Waals surface area contributed by atoms with Gasteiger partial charge in [0.2, 0.25) is 0 Å². The summed E-state index contributed by atoms with van der Waals surface area (Å²) >= 11 is 0. The molecule has 1 heterocycles. The molecule has 0 spiro atoms. The van der Waals surface area contributed by atoms with Crippen LogP contribution in [-0.2, 0) is 0 Å². The molecule has 0 aromatic carbocycles. The summed E-state index contributed by atoms with van der Waals surface area (Å²) in [5.74, 6) is 0.992. The molecule has 0 radical (unpaired) electrons. The summed E-state index contributed by atoms with van der Waals surface area (Å²) in [6.45, 7) is 6.64. The van der Waals surface area contributed by atoms with Crippen LogP contribution < -0.4 is 10.6 Å². The Morgan fingerprint density at radius 2 is 1.96 bits per heavy atom. The monoisotopic (exact) mass is 336 g/mol. The molecule has 23 heavy (non-hydrogen) atoms. The molecule has 0 aliphatic carbocycles. The van der Waals surface area contributed by atoms with Gasteiger partial charge in [0.15, 0.2) is 5.96 Å². The van der Waals surface area contributed by atoms with E-state index in [1.165, 1.54) is 24.2 Å². The highest BCUT2D eigenvalue weighted by Crippen LogP contribution is 2.22. The van der Waals surface area contributed by atoms with Crippen molar-refractivity contribution in [2.45, 2.75) is 52.1 Å². The van der Waals surface area contributed by atoms with Crippen molar-refractivity contribution >= 4 is 5.96 Å². The zero-order valence-electron chi connectivity index (χ0n) is 14.4. The van der Waals surface area contributed by atoms with Crippen LogP contribution in [0.25, 0.3) is 0 Å². The van der Waals surface area contributed by atoms with Gasteiger partial charge in [0, 0.05) is 26.2 Å². The number of alkyl halides is 3. The molecule has 0 aromatic rings. The maximum Gasteiger partial charge on any atom is 0.401 e. The van der Waals surface area contributed by atoms with Gasteiger partial charge in [0.25, 0.3) is 0 Å². The summed E-state index contributed by atoms with van der Waals surface area (Å²) in [7, 11) is 0. The molecule has 1 fully saturated rings. The highest BCUT2D eigenvalue weighted by molar-refractivity contribution is 5.79. The standard InChI is InChI=1S/C16H31F3N4/c1-3-5-6-7-9-21-15(20-4-2)22-11-14-8-10-23(12-14)13-16(17,18)19/h14H,3-13H2,1-2H3,(H2,20,21,22). The number of nitrogens with one attached hydrogen (secondary N) is 2. The number of hydrogen-bond donors (Lipinski definition) is 2. The molecule has 1 rings (SSSR count). The quantitative estimate of drug-likeness (QED) is 0.386. The number of hydrogen-bond acceptors (Lipinski definition) is 2. The molecule has 0 bridgehead atoms. The van der Waals surface area contributed by atoms with E-state index < -0.39 is 12.7 Å². The predicted octanol–water partition coefficient (Wildman–Crippen LogP) is 3.01. The molecule has 1 atom stereocenters. The Balaban J connectivity index is 2.30. The van der Waals surface area contributed by atoms with Crippen molar-refractivity contribution in [2.75, 3.05) is 39.3 Å². The molecule has 0 saturated carbocycles. The minimum absolute atomic E-state index is 0.216. The van der Waals surface area contributed by atoms with Gasteiger partial charge in [-0.1, -0.05) is 26.2 Å². The fraction of sp³-hybridized carbons (Fsp3) is 0.938. The third-order valence-corrected chi connectivity index (χ3v) is 3.95. The minimum Gasteiger partial charge on any atom is -0.357 e. The smallest absolute Gasteiger partial charge is 0.357 e. The second kappa shape index (κ2) is 10.7. The third kappa shape index (κ3) is 9.69. The summed E-state index contributed by atoms with van der Waals surface area (Å²) < 4.78 is 37.2. The van der Waals surface area contributed by atoms with E-state index in [1.54, 1.807) is 0 Å². The van der Waals surface area contributed by atoms with E-state index >= 15 is 0 Å². The first-order valence-corrected chi connectivity index (χ1v) is 8.76. The Bertz CT molecular complexity index is 345. The first-order valence-electron chi connectivity index (χ1n) is 8.76. The van der Waals surface area contributed by atoms with E-state index in [9.17, 15) is 13.2 Å². The van der Waals surface area contributed by atoms with E-state index in [0.29, 0.717) is 19.6 Å². The van der Waals surface area contributed by atoms with Crippen LogP contribution in [0.5, 0.6) is 0 Å². The molecule has 0 aromatic heterocycles. The third-order valence-electron chi connectivity index (χ3n) is 3.95. The first-order chi connectivity index (χ1) is 10.9. The van der Waals surface area contributed by atoms with Crippen LogP contribution in [0.1, 0.15) is 46.0 Å². The van der Waals surface area contributed by atoms with Gasteiger partial charge in [-0.15, -0.1) is 0 Å². The van der Waals surface area contributed by atoms with Crippen molar-refractivity contribution in [1.82, 2.24) is 15.5 Å². The van der Waals surface area contributed by atoms with Crippen LogP contribution in [0.3, 0.4) is 0 Å². The fourth-order valence-electron chi connectivity index (χ4n) is 2.78. The van der Waals surface area contributed by atoms with E-state index in [1.807, 2.05) is 6.92 Å². The largest absolute Gasteiger partial charge is 0.401 e. The van der Waals surface area contributed by atoms with E-state index in [4.69, 9.17) is 0 Å². The van der Waals surface area contributed by atoms with Crippen molar-refractivity contribution in [3.8, 4) is 0 Å². The molecule has 4 nitrogen and oxygen atoms in total. The molecule has 1 aliphatic rings. The van der Waals surface area contributed by atoms with Crippen LogP contribution in [0, 0.1) is 5.92 Å². The van der Waals surface area contributed by atoms with Crippen LogP contribution in [0.4, 0.5) is 13.2 Å². The maximum atomic E-state index is 12.4. The number of aliphatic imine (C=N–C) groups is 1. The molecule has 2 N–H and O–H groups in total. The number of halogens is 3. The average molecular weight is 336 g/mol. The number of nitrogens with zero attached hydrogens (tertiary/aromatic N) is 2. The Hall–Kier alpha value is -0.980. The van der Waals surface area contributed by atoms with Crippen molar-refractivity contribution in [1.29, 1.82) is 0 Å². The fourth-order valence-corrected chi connectivity index (χ4v) is 2.78. The molecular weight excluding hydrogens is 305 g/mol. The minimum atomic E-state index is -4.10. The summed E-state index contributed by atoms with van der Waals surface area (Å²) in [6.07, 6.45) is 1.46. The second-order valence-electron chi connectivity index (χ2n) is 6.21. The van der Waals surface area contributed by atoms with E-state index in [0.717, 1.165) is 31.9 Å². The van der Waals surface area contributed by atoms with Crippen LogP contribution in [-0.4, -0.2) is 56.3 Å². The van der Waals surface area contributed by atoms with Crippen LogP contribution in [0.15, 0.2) is 4.99 Å². The summed E-state index contributed by atoms with van der Waals surface area (Å²) in [4.78, 5) is 6.01. The van der Waals surface area contributed by atoms with Gasteiger partial charge in [-0.05, 0) is 32.2 Å². The zero-order chi connectivity index (χ0) is 17.1. The number of unbranched alkanes of at least 4 members (excludes halogenated alkanes) is 3. The van der Waals surface area contributed by atoms with Crippen molar-refractivity contribution in [3.63, 3.8) is 0 Å². The molecule has 1 unspecified atom stereocenters. The van der Waals surface area contributed by atoms with Crippen molar-refractivity contribution in [3.05, 3.63) is 0 Å². The van der Waals surface area contributed by atoms with Gasteiger partial charge in [0.05, 0.1) is 6.54 Å². The average Bonchev–Trinajstić information content (AvgIpc) is 2.89. The summed E-state index contributed by atoms with van der Waals surface area (Å²) in [5, 5.41) is 6.49. The van der Waals surface area contributed by atoms with Gasteiger partial charge in [-0.25, -0.2) is 0 Å². The summed E-state index contributed by atoms with van der Waals surface area (Å²) in [5.41, 5.74) is 0. The molecule has 0 amide bonds. The van der Waals surface area contributed by atoms with Crippen LogP contribution >= 0.6 is 0 Å². The maximum absolute atomic E-state index is 12.4. The molecule has 1 saturated heterocycles. The molecule has 7 heteroatoms. The summed E-state index contributed by atoms with van der Waals surface area (Å²) in [6, 6.07) is 0. The SMILES string of the molecule is CCCCCCNC(=NCC1CCN(CC(F)(F)F)C1)NCC. The van der Waals surface area contributed by atoms with Gasteiger partial charge >= 0.3 is 6.18 Å². The number of guanidine groups is 1. The Kier molecular flexibility index (Phi) is 9.36. The lowest BCUT2D eigenvalue weighted by atomic mass is 10.1. The highest BCUT2D eigenvalue weighted by Gasteiger charge is 2.34. The van der Waals surface area contributed by atoms with E-state index in [-0.39, 0.29) is 5.92 Å². The lowest BCUT2D eigenvalue weighted by Gasteiger charge is -2.17.